The van der Waals surface area contributed by atoms with Crippen molar-refractivity contribution in [3.05, 3.63) is 75.0 Å². The maximum absolute atomic E-state index is 13.0. The zero-order chi connectivity index (χ0) is 29.6. The summed E-state index contributed by atoms with van der Waals surface area (Å²) < 4.78 is 5.72. The normalized spacial score (nSPS) is 19.3. The smallest absolute Gasteiger partial charge is 0.286 e. The number of carbonyl (C=O) groups is 3. The van der Waals surface area contributed by atoms with Gasteiger partial charge in [0.2, 0.25) is 5.91 Å². The summed E-state index contributed by atoms with van der Waals surface area (Å²) in [6, 6.07) is 15.7. The fraction of sp³-hybridized carbons (Fsp3) is 0.323. The first-order valence-electron chi connectivity index (χ1n) is 13.9. The van der Waals surface area contributed by atoms with Crippen molar-refractivity contribution in [1.82, 2.24) is 14.7 Å². The minimum Gasteiger partial charge on any atom is -0.497 e. The van der Waals surface area contributed by atoms with Crippen molar-refractivity contribution in [2.45, 2.75) is 26.2 Å². The number of benzene rings is 2. The fourth-order valence-corrected chi connectivity index (χ4v) is 7.05. The Morgan fingerprint density at radius 2 is 1.60 bits per heavy atom. The molecule has 42 heavy (non-hydrogen) atoms. The number of aliphatic imine (C=N–C) groups is 1. The van der Waals surface area contributed by atoms with Crippen LogP contribution in [0.5, 0.6) is 5.75 Å². The Balaban J connectivity index is 1.07. The van der Waals surface area contributed by atoms with Crippen LogP contribution in [0.2, 0.25) is 0 Å². The van der Waals surface area contributed by atoms with Crippen molar-refractivity contribution in [2.24, 2.45) is 4.99 Å². The second kappa shape index (κ2) is 13.7. The van der Waals surface area contributed by atoms with Gasteiger partial charge >= 0.3 is 0 Å². The van der Waals surface area contributed by atoms with E-state index in [2.05, 4.69) is 28.9 Å². The highest BCUT2D eigenvalue weighted by Crippen LogP contribution is 2.33. The number of aryl methyl sites for hydroxylation is 1. The third-order valence-electron chi connectivity index (χ3n) is 7.26. The molecule has 8 nitrogen and oxygen atoms in total. The second-order valence-electron chi connectivity index (χ2n) is 9.98. The van der Waals surface area contributed by atoms with Gasteiger partial charge in [-0.15, -0.1) is 0 Å². The van der Waals surface area contributed by atoms with Crippen molar-refractivity contribution >= 4 is 75.1 Å². The Kier molecular flexibility index (Phi) is 9.81. The van der Waals surface area contributed by atoms with Crippen LogP contribution in [-0.2, 0) is 20.8 Å². The van der Waals surface area contributed by atoms with Gasteiger partial charge in [-0.05, 0) is 65.6 Å². The number of thiocarbonyl (C=S) groups is 1. The van der Waals surface area contributed by atoms with Crippen LogP contribution < -0.4 is 4.74 Å². The summed E-state index contributed by atoms with van der Waals surface area (Å²) in [6.45, 7) is 4.87. The summed E-state index contributed by atoms with van der Waals surface area (Å²) in [7, 11) is 1.62. The molecule has 3 aliphatic heterocycles. The Morgan fingerprint density at radius 3 is 2.24 bits per heavy atom. The number of hydrogen-bond donors (Lipinski definition) is 0. The monoisotopic (exact) mass is 620 g/mol. The van der Waals surface area contributed by atoms with Crippen LogP contribution in [0.15, 0.2) is 63.3 Å². The molecule has 0 unspecified atom stereocenters. The summed E-state index contributed by atoms with van der Waals surface area (Å²) in [5.41, 5.74) is 3.12. The largest absolute Gasteiger partial charge is 0.497 e. The average molecular weight is 621 g/mol. The van der Waals surface area contributed by atoms with Crippen molar-refractivity contribution in [3.8, 4) is 5.75 Å². The van der Waals surface area contributed by atoms with Gasteiger partial charge in [-0.3, -0.25) is 19.3 Å². The quantitative estimate of drug-likeness (QED) is 0.300. The molecule has 0 aliphatic carbocycles. The molecule has 3 amide bonds. The van der Waals surface area contributed by atoms with Gasteiger partial charge in [-0.25, -0.2) is 0 Å². The molecule has 2 aromatic carbocycles. The zero-order valence-corrected chi connectivity index (χ0v) is 26.0. The first-order valence-corrected chi connectivity index (χ1v) is 15.9. The number of amidine groups is 1. The van der Waals surface area contributed by atoms with E-state index in [-0.39, 0.29) is 17.7 Å². The number of amides is 3. The zero-order valence-electron chi connectivity index (χ0n) is 23.6. The maximum atomic E-state index is 13.0. The molecule has 0 N–H and O–H groups in total. The molecule has 3 aliphatic rings. The average Bonchev–Trinajstić information content (AvgIpc) is 3.51. The lowest BCUT2D eigenvalue weighted by atomic mass is 10.1. The molecule has 0 aromatic heterocycles. The fourth-order valence-electron chi connectivity index (χ4n) is 4.77. The van der Waals surface area contributed by atoms with Crippen LogP contribution in [0.1, 0.15) is 36.5 Å². The lowest BCUT2D eigenvalue weighted by Gasteiger charge is -2.35. The maximum Gasteiger partial charge on any atom is 0.286 e. The molecule has 0 saturated carbocycles. The number of carbonyl (C=O) groups excluding carboxylic acids is 3. The van der Waals surface area contributed by atoms with Crippen LogP contribution >= 0.6 is 35.7 Å². The molecule has 2 aromatic rings. The Bertz CT molecular complexity index is 1460. The highest BCUT2D eigenvalue weighted by atomic mass is 32.2. The lowest BCUT2D eigenvalue weighted by Crippen LogP contribution is -2.49. The summed E-state index contributed by atoms with van der Waals surface area (Å²) in [5.74, 6) is 0.470. The number of ether oxygens (including phenoxy) is 1. The Labute approximate surface area is 259 Å². The summed E-state index contributed by atoms with van der Waals surface area (Å²) >= 11 is 8.14. The van der Waals surface area contributed by atoms with Gasteiger partial charge in [-0.2, -0.15) is 4.99 Å². The van der Waals surface area contributed by atoms with E-state index in [9.17, 15) is 14.4 Å². The number of hydrogen-bond acceptors (Lipinski definition) is 8. The van der Waals surface area contributed by atoms with Crippen LogP contribution in [0.3, 0.4) is 0 Å². The van der Waals surface area contributed by atoms with Crippen LogP contribution in [0, 0.1) is 0 Å². The van der Waals surface area contributed by atoms with E-state index in [4.69, 9.17) is 17.0 Å². The van der Waals surface area contributed by atoms with Crippen molar-refractivity contribution in [2.75, 3.05) is 39.8 Å². The van der Waals surface area contributed by atoms with E-state index >= 15 is 0 Å². The van der Waals surface area contributed by atoms with E-state index in [1.807, 2.05) is 53.5 Å². The standard InChI is InChI=1S/C31H32N4O4S3/c1-3-21-6-8-22(9-7-21)20-26-29(38)35(31(40)42-26)14-4-5-27(36)33-15-17-34(18-16-33)30-32-28(37)25(41-30)19-23-10-12-24(39-2)13-11-23/h6-13,19-20H,3-5,14-18H2,1-2H3/b25-19+,26-20-. The molecule has 0 radical (unpaired) electrons. The Hall–Kier alpha value is -3.41. The molecular weight excluding hydrogens is 589 g/mol. The predicted molar refractivity (Wildman–Crippen MR) is 174 cm³/mol. The van der Waals surface area contributed by atoms with Crippen LogP contribution in [0.25, 0.3) is 12.2 Å². The molecule has 0 atom stereocenters. The third kappa shape index (κ3) is 7.14. The van der Waals surface area contributed by atoms with Gasteiger partial charge in [0, 0.05) is 39.1 Å². The molecule has 2 fully saturated rings. The van der Waals surface area contributed by atoms with Gasteiger partial charge in [-0.1, -0.05) is 67.3 Å². The lowest BCUT2D eigenvalue weighted by molar-refractivity contribution is -0.133. The van der Waals surface area contributed by atoms with E-state index < -0.39 is 0 Å². The van der Waals surface area contributed by atoms with Crippen molar-refractivity contribution in [1.29, 1.82) is 0 Å². The number of rotatable bonds is 8. The minimum atomic E-state index is -0.246. The second-order valence-corrected chi connectivity index (χ2v) is 12.7. The SMILES string of the molecule is CCc1ccc(/C=C2\SC(=S)N(CCCC(=O)N3CCN(C4=NC(=O)/C(=C\c5ccc(OC)cc5)S4)CC3)C2=O)cc1. The summed E-state index contributed by atoms with van der Waals surface area (Å²) in [4.78, 5) is 49.3. The van der Waals surface area contributed by atoms with Gasteiger partial charge in [0.1, 0.15) is 10.1 Å². The number of thioether (sulfide) groups is 2. The van der Waals surface area contributed by atoms with E-state index in [1.165, 1.54) is 29.1 Å². The summed E-state index contributed by atoms with van der Waals surface area (Å²) in [5, 5.41) is 0.676. The van der Waals surface area contributed by atoms with Gasteiger partial charge in [0.25, 0.3) is 11.8 Å². The Morgan fingerprint density at radius 1 is 0.952 bits per heavy atom. The molecular formula is C31H32N4O4S3. The molecule has 2 saturated heterocycles. The topological polar surface area (TPSA) is 82.5 Å². The van der Waals surface area contributed by atoms with E-state index in [0.29, 0.717) is 64.9 Å². The van der Waals surface area contributed by atoms with Crippen molar-refractivity contribution in [3.63, 3.8) is 0 Å². The molecule has 5 rings (SSSR count). The van der Waals surface area contributed by atoms with Gasteiger partial charge in [0.05, 0.1) is 16.9 Å². The molecule has 0 bridgehead atoms. The molecule has 3 heterocycles. The van der Waals surface area contributed by atoms with Gasteiger partial charge in [0.15, 0.2) is 5.17 Å². The molecule has 0 spiro atoms. The molecule has 218 valence electrons. The number of methoxy groups -OCH3 is 1. The first-order chi connectivity index (χ1) is 20.3. The van der Waals surface area contributed by atoms with Crippen molar-refractivity contribution < 1.29 is 19.1 Å². The predicted octanol–water partition coefficient (Wildman–Crippen LogP) is 5.05. The van der Waals surface area contributed by atoms with Crippen LogP contribution in [-0.4, -0.2) is 81.7 Å². The highest BCUT2D eigenvalue weighted by Gasteiger charge is 2.32. The summed E-state index contributed by atoms with van der Waals surface area (Å²) in [6.07, 6.45) is 5.57. The molecule has 11 heteroatoms. The highest BCUT2D eigenvalue weighted by molar-refractivity contribution is 8.26. The van der Waals surface area contributed by atoms with E-state index in [0.717, 1.165) is 23.3 Å². The van der Waals surface area contributed by atoms with Crippen LogP contribution in [0.4, 0.5) is 0 Å². The van der Waals surface area contributed by atoms with E-state index in [1.54, 1.807) is 12.0 Å². The van der Waals surface area contributed by atoms with Gasteiger partial charge < -0.3 is 14.5 Å². The third-order valence-corrected chi connectivity index (χ3v) is 9.68. The number of nitrogens with zero attached hydrogens (tertiary/aromatic N) is 4. The first kappa shape index (κ1) is 30.1. The number of piperazine rings is 1. The minimum absolute atomic E-state index is 0.0591.